The maximum Gasteiger partial charge on any atom is 0.298 e. The molecule has 0 amide bonds. The van der Waals surface area contributed by atoms with Gasteiger partial charge in [-0.2, -0.15) is 16.7 Å². The molecule has 0 radical (unpaired) electrons. The van der Waals surface area contributed by atoms with Gasteiger partial charge in [0.1, 0.15) is 5.52 Å². The highest BCUT2D eigenvalue weighted by Crippen LogP contribution is 2.25. The number of thioether (sulfide) groups is 1. The molecule has 0 saturated heterocycles. The number of benzene rings is 1. The van der Waals surface area contributed by atoms with E-state index in [1.807, 2.05) is 37.0 Å². The van der Waals surface area contributed by atoms with E-state index in [9.17, 15) is 0 Å². The molecule has 0 spiro atoms. The SMILES string of the molecule is CCC(CSC)N(C)c1nc2ccc(N)cc2o1. The lowest BCUT2D eigenvalue weighted by Gasteiger charge is -2.24. The van der Waals surface area contributed by atoms with Crippen molar-refractivity contribution in [2.75, 3.05) is 29.7 Å². The highest BCUT2D eigenvalue weighted by Gasteiger charge is 2.17. The van der Waals surface area contributed by atoms with Crippen LogP contribution in [0.4, 0.5) is 11.7 Å². The Labute approximate surface area is 112 Å². The number of oxazole rings is 1. The smallest absolute Gasteiger partial charge is 0.298 e. The molecule has 4 nitrogen and oxygen atoms in total. The Balaban J connectivity index is 2.29. The Bertz CT molecular complexity index is 526. The first kappa shape index (κ1) is 13.1. The summed E-state index contributed by atoms with van der Waals surface area (Å²) in [6.07, 6.45) is 3.18. The van der Waals surface area contributed by atoms with Crippen molar-refractivity contribution in [1.82, 2.24) is 4.98 Å². The molecule has 5 heteroatoms. The van der Waals surface area contributed by atoms with Crippen LogP contribution in [0.1, 0.15) is 13.3 Å². The summed E-state index contributed by atoms with van der Waals surface area (Å²) in [5.74, 6) is 1.06. The van der Waals surface area contributed by atoms with Crippen LogP contribution in [0, 0.1) is 0 Å². The van der Waals surface area contributed by atoms with E-state index in [2.05, 4.69) is 23.1 Å². The number of nitrogen functional groups attached to an aromatic ring is 1. The van der Waals surface area contributed by atoms with E-state index in [0.29, 0.717) is 17.7 Å². The summed E-state index contributed by atoms with van der Waals surface area (Å²) in [7, 11) is 2.03. The van der Waals surface area contributed by atoms with Crippen molar-refractivity contribution >= 4 is 34.6 Å². The second-order valence-electron chi connectivity index (χ2n) is 4.35. The number of hydrogen-bond acceptors (Lipinski definition) is 5. The summed E-state index contributed by atoms with van der Waals surface area (Å²) >= 11 is 1.84. The number of anilines is 2. The fraction of sp³-hybridized carbons (Fsp3) is 0.462. The van der Waals surface area contributed by atoms with Crippen molar-refractivity contribution < 1.29 is 4.42 Å². The minimum Gasteiger partial charge on any atom is -0.423 e. The van der Waals surface area contributed by atoms with Crippen LogP contribution in [0.3, 0.4) is 0 Å². The zero-order chi connectivity index (χ0) is 13.1. The van der Waals surface area contributed by atoms with E-state index in [1.54, 1.807) is 0 Å². The number of nitrogens with two attached hydrogens (primary N) is 1. The lowest BCUT2D eigenvalue weighted by Crippen LogP contribution is -2.33. The monoisotopic (exact) mass is 265 g/mol. The molecule has 1 unspecified atom stereocenters. The zero-order valence-electron chi connectivity index (χ0n) is 11.0. The van der Waals surface area contributed by atoms with Gasteiger partial charge in [-0.15, -0.1) is 0 Å². The second-order valence-corrected chi connectivity index (χ2v) is 5.26. The molecule has 0 fully saturated rings. The van der Waals surface area contributed by atoms with Crippen LogP contribution in [-0.4, -0.2) is 30.1 Å². The van der Waals surface area contributed by atoms with E-state index in [4.69, 9.17) is 10.2 Å². The summed E-state index contributed by atoms with van der Waals surface area (Å²) in [6, 6.07) is 6.64. The van der Waals surface area contributed by atoms with Crippen molar-refractivity contribution in [3.8, 4) is 0 Å². The highest BCUT2D eigenvalue weighted by atomic mass is 32.2. The van der Waals surface area contributed by atoms with Gasteiger partial charge in [-0.1, -0.05) is 6.92 Å². The predicted molar refractivity (Wildman–Crippen MR) is 79.3 cm³/mol. The van der Waals surface area contributed by atoms with Crippen LogP contribution in [0.25, 0.3) is 11.1 Å². The molecule has 0 saturated carbocycles. The van der Waals surface area contributed by atoms with E-state index in [1.165, 1.54) is 0 Å². The van der Waals surface area contributed by atoms with E-state index >= 15 is 0 Å². The molecule has 18 heavy (non-hydrogen) atoms. The topological polar surface area (TPSA) is 55.3 Å². The number of hydrogen-bond donors (Lipinski definition) is 1. The average molecular weight is 265 g/mol. The van der Waals surface area contributed by atoms with Crippen molar-refractivity contribution in [2.45, 2.75) is 19.4 Å². The van der Waals surface area contributed by atoms with Crippen molar-refractivity contribution in [1.29, 1.82) is 0 Å². The first-order valence-electron chi connectivity index (χ1n) is 6.03. The third kappa shape index (κ3) is 2.56. The molecular formula is C13H19N3OS. The molecule has 0 aliphatic rings. The van der Waals surface area contributed by atoms with Gasteiger partial charge >= 0.3 is 0 Å². The van der Waals surface area contributed by atoms with E-state index < -0.39 is 0 Å². The Morgan fingerprint density at radius 1 is 1.50 bits per heavy atom. The highest BCUT2D eigenvalue weighted by molar-refractivity contribution is 7.98. The summed E-state index contributed by atoms with van der Waals surface area (Å²) in [6.45, 7) is 2.18. The lowest BCUT2D eigenvalue weighted by molar-refractivity contribution is 0.545. The third-order valence-corrected chi connectivity index (χ3v) is 3.80. The molecule has 1 aromatic carbocycles. The minimum absolute atomic E-state index is 0.436. The van der Waals surface area contributed by atoms with E-state index in [0.717, 1.165) is 23.3 Å². The molecule has 1 atom stereocenters. The molecular weight excluding hydrogens is 246 g/mol. The molecule has 2 N–H and O–H groups in total. The molecule has 2 rings (SSSR count). The zero-order valence-corrected chi connectivity index (χ0v) is 11.8. The summed E-state index contributed by atoms with van der Waals surface area (Å²) in [5.41, 5.74) is 8.03. The van der Waals surface area contributed by atoms with Gasteiger partial charge < -0.3 is 15.1 Å². The van der Waals surface area contributed by atoms with Gasteiger partial charge in [0, 0.05) is 30.6 Å². The number of nitrogens with zero attached hydrogens (tertiary/aromatic N) is 2. The van der Waals surface area contributed by atoms with Gasteiger partial charge in [-0.05, 0) is 24.8 Å². The third-order valence-electron chi connectivity index (χ3n) is 3.08. The average Bonchev–Trinajstić information content (AvgIpc) is 2.77. The van der Waals surface area contributed by atoms with Gasteiger partial charge in [0.2, 0.25) is 0 Å². The quantitative estimate of drug-likeness (QED) is 0.842. The molecule has 1 heterocycles. The lowest BCUT2D eigenvalue weighted by atomic mass is 10.2. The molecule has 1 aromatic heterocycles. The van der Waals surface area contributed by atoms with Crippen LogP contribution in [0.15, 0.2) is 22.6 Å². The van der Waals surface area contributed by atoms with Crippen LogP contribution in [0.2, 0.25) is 0 Å². The van der Waals surface area contributed by atoms with Crippen LogP contribution >= 0.6 is 11.8 Å². The molecule has 0 aliphatic carbocycles. The fourth-order valence-electron chi connectivity index (χ4n) is 1.93. The Hall–Kier alpha value is -1.36. The number of rotatable bonds is 5. The largest absolute Gasteiger partial charge is 0.423 e. The normalized spacial score (nSPS) is 12.8. The van der Waals surface area contributed by atoms with Crippen LogP contribution in [-0.2, 0) is 0 Å². The maximum absolute atomic E-state index is 5.77. The summed E-state index contributed by atoms with van der Waals surface area (Å²) in [5, 5.41) is 0. The van der Waals surface area contributed by atoms with Gasteiger partial charge in [-0.3, -0.25) is 0 Å². The maximum atomic E-state index is 5.77. The fourth-order valence-corrected chi connectivity index (χ4v) is 2.78. The summed E-state index contributed by atoms with van der Waals surface area (Å²) in [4.78, 5) is 6.60. The molecule has 0 bridgehead atoms. The van der Waals surface area contributed by atoms with Gasteiger partial charge in [0.25, 0.3) is 6.01 Å². The van der Waals surface area contributed by atoms with Crippen LogP contribution < -0.4 is 10.6 Å². The number of fused-ring (bicyclic) bond motifs is 1. The number of aromatic nitrogens is 1. The van der Waals surface area contributed by atoms with Crippen molar-refractivity contribution in [3.63, 3.8) is 0 Å². The van der Waals surface area contributed by atoms with Crippen molar-refractivity contribution in [2.24, 2.45) is 0 Å². The minimum atomic E-state index is 0.436. The molecule has 2 aromatic rings. The first-order chi connectivity index (χ1) is 8.65. The molecule has 0 aliphatic heterocycles. The van der Waals surface area contributed by atoms with E-state index in [-0.39, 0.29) is 0 Å². The van der Waals surface area contributed by atoms with Gasteiger partial charge in [-0.25, -0.2) is 0 Å². The van der Waals surface area contributed by atoms with Crippen LogP contribution in [0.5, 0.6) is 0 Å². The summed E-state index contributed by atoms with van der Waals surface area (Å²) < 4.78 is 5.77. The predicted octanol–water partition coefficient (Wildman–Crippen LogP) is 2.99. The standard InChI is InChI=1S/C13H19N3OS/c1-4-10(8-18-3)16(2)13-15-11-6-5-9(14)7-12(11)17-13/h5-7,10H,4,8,14H2,1-3H3. The Morgan fingerprint density at radius 3 is 2.94 bits per heavy atom. The second kappa shape index (κ2) is 5.52. The van der Waals surface area contributed by atoms with Gasteiger partial charge in [0.05, 0.1) is 0 Å². The Kier molecular flexibility index (Phi) is 4.01. The van der Waals surface area contributed by atoms with Crippen molar-refractivity contribution in [3.05, 3.63) is 18.2 Å². The Morgan fingerprint density at radius 2 is 2.28 bits per heavy atom. The van der Waals surface area contributed by atoms with Gasteiger partial charge in [0.15, 0.2) is 5.58 Å². The molecule has 98 valence electrons. The first-order valence-corrected chi connectivity index (χ1v) is 7.43.